The first kappa shape index (κ1) is 22.0. The zero-order valence-corrected chi connectivity index (χ0v) is 17.3. The van der Waals surface area contributed by atoms with Crippen molar-refractivity contribution in [3.05, 3.63) is 34.4 Å². The Morgan fingerprint density at radius 1 is 1.00 bits per heavy atom. The summed E-state index contributed by atoms with van der Waals surface area (Å²) in [4.78, 5) is 27.6. The molecule has 0 saturated carbocycles. The Labute approximate surface area is 158 Å². The molecule has 1 aromatic rings. The zero-order valence-electron chi connectivity index (χ0n) is 17.3. The molecule has 26 heavy (non-hydrogen) atoms. The quantitative estimate of drug-likeness (QED) is 0.786. The molecule has 5 nitrogen and oxygen atoms in total. The summed E-state index contributed by atoms with van der Waals surface area (Å²) < 4.78 is 0. The lowest BCUT2D eigenvalue weighted by molar-refractivity contribution is 0.0771. The fraction of sp³-hybridized carbons (Fsp3) is 0.619. The summed E-state index contributed by atoms with van der Waals surface area (Å²) in [5, 5.41) is 9.26. The van der Waals surface area contributed by atoms with Crippen molar-refractivity contribution in [3.8, 4) is 0 Å². The molecule has 1 N–H and O–H groups in total. The van der Waals surface area contributed by atoms with E-state index in [1.165, 1.54) is 4.90 Å². The van der Waals surface area contributed by atoms with Gasteiger partial charge in [-0.05, 0) is 62.3 Å². The van der Waals surface area contributed by atoms with Gasteiger partial charge in [-0.3, -0.25) is 4.79 Å². The number of carbonyl (C=O) groups excluding carboxylic acids is 1. The van der Waals surface area contributed by atoms with Crippen LogP contribution < -0.4 is 0 Å². The van der Waals surface area contributed by atoms with Gasteiger partial charge in [-0.25, -0.2) is 4.79 Å². The number of hydrogen-bond acceptors (Lipinski definition) is 2. The third kappa shape index (κ3) is 5.23. The topological polar surface area (TPSA) is 60.9 Å². The van der Waals surface area contributed by atoms with E-state index in [4.69, 9.17) is 0 Å². The largest absolute Gasteiger partial charge is 0.465 e. The number of amides is 2. The van der Waals surface area contributed by atoms with Crippen molar-refractivity contribution in [2.24, 2.45) is 0 Å². The van der Waals surface area contributed by atoms with Gasteiger partial charge in [-0.1, -0.05) is 26.8 Å². The molecule has 0 aromatic heterocycles. The molecule has 146 valence electrons. The molecule has 0 spiro atoms. The molecule has 0 bridgehead atoms. The molecule has 0 saturated heterocycles. The molecule has 1 rings (SSSR count). The summed E-state index contributed by atoms with van der Waals surface area (Å²) in [6, 6.07) is 4.13. The highest BCUT2D eigenvalue weighted by molar-refractivity contribution is 5.96. The van der Waals surface area contributed by atoms with Gasteiger partial charge in [0.25, 0.3) is 5.91 Å². The minimum absolute atomic E-state index is 0.0255. The van der Waals surface area contributed by atoms with E-state index in [9.17, 15) is 14.7 Å². The van der Waals surface area contributed by atoms with E-state index in [1.807, 2.05) is 38.7 Å². The second kappa shape index (κ2) is 9.06. The highest BCUT2D eigenvalue weighted by Crippen LogP contribution is 2.28. The normalized spacial score (nSPS) is 11.3. The molecule has 0 aliphatic heterocycles. The Kier molecular flexibility index (Phi) is 7.67. The molecule has 5 heteroatoms. The molecular formula is C21H34N2O3. The molecule has 0 atom stereocenters. The van der Waals surface area contributed by atoms with Crippen LogP contribution in [0.4, 0.5) is 4.79 Å². The number of likely N-dealkylation sites (N-methyl/N-ethyl adjacent to an activating group) is 1. The van der Waals surface area contributed by atoms with E-state index in [0.29, 0.717) is 38.2 Å². The Morgan fingerprint density at radius 2 is 1.54 bits per heavy atom. The number of rotatable bonds is 7. The van der Waals surface area contributed by atoms with E-state index in [2.05, 4.69) is 26.8 Å². The second-order valence-corrected chi connectivity index (χ2v) is 7.66. The van der Waals surface area contributed by atoms with E-state index in [-0.39, 0.29) is 11.3 Å². The van der Waals surface area contributed by atoms with Crippen LogP contribution in [0.15, 0.2) is 12.1 Å². The summed E-state index contributed by atoms with van der Waals surface area (Å²) in [6.07, 6.45) is -0.383. The number of carbonyl (C=O) groups is 2. The van der Waals surface area contributed by atoms with Crippen LogP contribution in [-0.2, 0) is 11.8 Å². The lowest BCUT2D eigenvalue weighted by Gasteiger charge is -2.26. The van der Waals surface area contributed by atoms with Crippen molar-refractivity contribution < 1.29 is 14.7 Å². The van der Waals surface area contributed by atoms with Crippen LogP contribution >= 0.6 is 0 Å². The SMILES string of the molecule is CCN(CCc1c(C)cc(C(C)(C)C)cc1C(=O)N(CC)CC)C(=O)O. The third-order valence-corrected chi connectivity index (χ3v) is 4.90. The molecule has 0 unspecified atom stereocenters. The molecule has 0 aliphatic carbocycles. The first-order chi connectivity index (χ1) is 12.1. The van der Waals surface area contributed by atoms with Gasteiger partial charge in [-0.2, -0.15) is 0 Å². The van der Waals surface area contributed by atoms with Crippen LogP contribution in [0.5, 0.6) is 0 Å². The Hall–Kier alpha value is -2.04. The van der Waals surface area contributed by atoms with Crippen molar-refractivity contribution in [1.82, 2.24) is 9.80 Å². The van der Waals surface area contributed by atoms with Crippen molar-refractivity contribution in [1.29, 1.82) is 0 Å². The number of carboxylic acid groups (broad SMARTS) is 1. The third-order valence-electron chi connectivity index (χ3n) is 4.90. The molecule has 2 amide bonds. The molecular weight excluding hydrogens is 328 g/mol. The first-order valence-corrected chi connectivity index (χ1v) is 9.47. The minimum Gasteiger partial charge on any atom is -0.465 e. The smallest absolute Gasteiger partial charge is 0.407 e. The summed E-state index contributed by atoms with van der Waals surface area (Å²) in [6.45, 7) is 16.3. The predicted octanol–water partition coefficient (Wildman–Crippen LogP) is 4.32. The van der Waals surface area contributed by atoms with Crippen LogP contribution in [0.3, 0.4) is 0 Å². The number of hydrogen-bond donors (Lipinski definition) is 1. The average molecular weight is 363 g/mol. The van der Waals surface area contributed by atoms with Crippen molar-refractivity contribution >= 4 is 12.0 Å². The zero-order chi connectivity index (χ0) is 20.1. The first-order valence-electron chi connectivity index (χ1n) is 9.47. The van der Waals surface area contributed by atoms with Gasteiger partial charge >= 0.3 is 6.09 Å². The Morgan fingerprint density at radius 3 is 1.96 bits per heavy atom. The molecule has 1 aromatic carbocycles. The highest BCUT2D eigenvalue weighted by atomic mass is 16.4. The summed E-state index contributed by atoms with van der Waals surface area (Å²) in [5.41, 5.74) is 3.78. The van der Waals surface area contributed by atoms with Gasteiger partial charge in [0.15, 0.2) is 0 Å². The second-order valence-electron chi connectivity index (χ2n) is 7.66. The maximum absolute atomic E-state index is 13.1. The van der Waals surface area contributed by atoms with Gasteiger partial charge < -0.3 is 14.9 Å². The lowest BCUT2D eigenvalue weighted by atomic mass is 9.83. The Bertz CT molecular complexity index is 643. The van der Waals surface area contributed by atoms with Crippen molar-refractivity contribution in [2.45, 2.75) is 60.3 Å². The van der Waals surface area contributed by atoms with E-state index >= 15 is 0 Å². The molecule has 0 aliphatic rings. The van der Waals surface area contributed by atoms with Crippen molar-refractivity contribution in [2.75, 3.05) is 26.2 Å². The average Bonchev–Trinajstić information content (AvgIpc) is 2.55. The fourth-order valence-corrected chi connectivity index (χ4v) is 3.09. The summed E-state index contributed by atoms with van der Waals surface area (Å²) in [5.74, 6) is 0.0255. The van der Waals surface area contributed by atoms with Crippen molar-refractivity contribution in [3.63, 3.8) is 0 Å². The van der Waals surface area contributed by atoms with E-state index < -0.39 is 6.09 Å². The summed E-state index contributed by atoms with van der Waals surface area (Å²) >= 11 is 0. The minimum atomic E-state index is -0.923. The van der Waals surface area contributed by atoms with Crippen LogP contribution in [0.25, 0.3) is 0 Å². The van der Waals surface area contributed by atoms with Crippen LogP contribution in [-0.4, -0.2) is 53.1 Å². The number of nitrogens with zero attached hydrogens (tertiary/aromatic N) is 2. The molecule has 0 radical (unpaired) electrons. The Balaban J connectivity index is 3.38. The fourth-order valence-electron chi connectivity index (χ4n) is 3.09. The molecule has 0 heterocycles. The van der Waals surface area contributed by atoms with Crippen LogP contribution in [0.2, 0.25) is 0 Å². The molecule has 0 fully saturated rings. The maximum atomic E-state index is 13.1. The van der Waals surface area contributed by atoms with Crippen LogP contribution in [0.1, 0.15) is 68.6 Å². The van der Waals surface area contributed by atoms with Crippen LogP contribution in [0, 0.1) is 6.92 Å². The standard InChI is InChI=1S/C21H34N2O3/c1-8-22(9-2)19(24)18-14-16(21(5,6)7)13-15(4)17(18)11-12-23(10-3)20(25)26/h13-14H,8-12H2,1-7H3,(H,25,26). The predicted molar refractivity (Wildman–Crippen MR) is 106 cm³/mol. The van der Waals surface area contributed by atoms with Gasteiger partial charge in [0.2, 0.25) is 0 Å². The maximum Gasteiger partial charge on any atom is 0.407 e. The van der Waals surface area contributed by atoms with Gasteiger partial charge in [0, 0.05) is 31.7 Å². The summed E-state index contributed by atoms with van der Waals surface area (Å²) in [7, 11) is 0. The number of benzene rings is 1. The lowest BCUT2D eigenvalue weighted by Crippen LogP contribution is -2.34. The van der Waals surface area contributed by atoms with Gasteiger partial charge in [0.05, 0.1) is 0 Å². The van der Waals surface area contributed by atoms with Gasteiger partial charge in [-0.15, -0.1) is 0 Å². The highest BCUT2D eigenvalue weighted by Gasteiger charge is 2.23. The number of aryl methyl sites for hydroxylation is 1. The van der Waals surface area contributed by atoms with Gasteiger partial charge in [0.1, 0.15) is 0 Å². The monoisotopic (exact) mass is 362 g/mol. The van der Waals surface area contributed by atoms with E-state index in [1.54, 1.807) is 0 Å². The van der Waals surface area contributed by atoms with E-state index in [0.717, 1.165) is 16.7 Å².